The Morgan fingerprint density at radius 3 is 2.44 bits per heavy atom. The number of benzene rings is 1. The number of esters is 1. The van der Waals surface area contributed by atoms with E-state index in [4.69, 9.17) is 9.47 Å². The maximum atomic E-state index is 12.1. The Morgan fingerprint density at radius 1 is 1.22 bits per heavy atom. The highest BCUT2D eigenvalue weighted by Crippen LogP contribution is 2.49. The van der Waals surface area contributed by atoms with Crippen LogP contribution in [-0.4, -0.2) is 25.3 Å². The van der Waals surface area contributed by atoms with Gasteiger partial charge in [0, 0.05) is 0 Å². The summed E-state index contributed by atoms with van der Waals surface area (Å²) in [6, 6.07) is 9.88. The van der Waals surface area contributed by atoms with Crippen LogP contribution in [0.25, 0.3) is 0 Å². The van der Waals surface area contributed by atoms with E-state index in [2.05, 4.69) is 0 Å². The highest BCUT2D eigenvalue weighted by Gasteiger charge is 2.52. The smallest absolute Gasteiger partial charge is 0.316 e. The molecule has 1 fully saturated rings. The van der Waals surface area contributed by atoms with Crippen LogP contribution in [0.1, 0.15) is 32.3 Å². The molecule has 1 aliphatic rings. The fourth-order valence-electron chi connectivity index (χ4n) is 2.05. The van der Waals surface area contributed by atoms with Gasteiger partial charge in [-0.25, -0.2) is 0 Å². The van der Waals surface area contributed by atoms with Crippen molar-refractivity contribution in [3.63, 3.8) is 0 Å². The van der Waals surface area contributed by atoms with Gasteiger partial charge >= 0.3 is 5.97 Å². The van der Waals surface area contributed by atoms with Crippen molar-refractivity contribution < 1.29 is 14.3 Å². The summed E-state index contributed by atoms with van der Waals surface area (Å²) in [6.07, 6.45) is 1.95. The zero-order valence-electron chi connectivity index (χ0n) is 11.0. The van der Waals surface area contributed by atoms with E-state index in [1.165, 1.54) is 0 Å². The first-order valence-electron chi connectivity index (χ1n) is 6.49. The molecular formula is C15H20O3. The maximum Gasteiger partial charge on any atom is 0.316 e. The topological polar surface area (TPSA) is 35.5 Å². The molecule has 0 amide bonds. The van der Waals surface area contributed by atoms with Crippen LogP contribution in [0.4, 0.5) is 0 Å². The Morgan fingerprint density at radius 2 is 1.89 bits per heavy atom. The summed E-state index contributed by atoms with van der Waals surface area (Å²) >= 11 is 0. The van der Waals surface area contributed by atoms with Gasteiger partial charge in [-0.3, -0.25) is 4.79 Å². The SMILES string of the molecule is CC(C)OCCOC(=O)C1(c2ccccc2)CC1. The first-order valence-corrected chi connectivity index (χ1v) is 6.49. The molecule has 1 aromatic carbocycles. The second kappa shape index (κ2) is 5.53. The summed E-state index contributed by atoms with van der Waals surface area (Å²) in [5.74, 6) is -0.110. The number of carbonyl (C=O) groups is 1. The van der Waals surface area contributed by atoms with E-state index in [0.29, 0.717) is 13.2 Å². The lowest BCUT2D eigenvalue weighted by atomic mass is 9.96. The van der Waals surface area contributed by atoms with Crippen LogP contribution in [0.3, 0.4) is 0 Å². The number of hydrogen-bond acceptors (Lipinski definition) is 3. The summed E-state index contributed by atoms with van der Waals surface area (Å²) in [5, 5.41) is 0. The summed E-state index contributed by atoms with van der Waals surface area (Å²) in [5.41, 5.74) is 0.693. The van der Waals surface area contributed by atoms with Gasteiger partial charge in [-0.2, -0.15) is 0 Å². The molecule has 0 spiro atoms. The lowest BCUT2D eigenvalue weighted by Gasteiger charge is -2.15. The van der Waals surface area contributed by atoms with Crippen molar-refractivity contribution in [2.24, 2.45) is 0 Å². The molecule has 3 heteroatoms. The van der Waals surface area contributed by atoms with Gasteiger partial charge in [-0.15, -0.1) is 0 Å². The monoisotopic (exact) mass is 248 g/mol. The largest absolute Gasteiger partial charge is 0.463 e. The quantitative estimate of drug-likeness (QED) is 0.573. The average molecular weight is 248 g/mol. The summed E-state index contributed by atoms with van der Waals surface area (Å²) in [7, 11) is 0. The van der Waals surface area contributed by atoms with Gasteiger partial charge in [0.05, 0.1) is 18.1 Å². The van der Waals surface area contributed by atoms with Gasteiger partial charge < -0.3 is 9.47 Å². The van der Waals surface area contributed by atoms with Crippen molar-refractivity contribution in [2.75, 3.05) is 13.2 Å². The summed E-state index contributed by atoms with van der Waals surface area (Å²) in [6.45, 7) is 4.74. The third-order valence-electron chi connectivity index (χ3n) is 3.23. The minimum absolute atomic E-state index is 0.110. The molecule has 0 aliphatic heterocycles. The molecule has 0 saturated heterocycles. The average Bonchev–Trinajstić information content (AvgIpc) is 3.17. The Hall–Kier alpha value is -1.35. The van der Waals surface area contributed by atoms with Crippen molar-refractivity contribution in [2.45, 2.75) is 38.2 Å². The molecule has 98 valence electrons. The number of ether oxygens (including phenoxy) is 2. The minimum Gasteiger partial charge on any atom is -0.463 e. The van der Waals surface area contributed by atoms with Gasteiger partial charge in [-0.05, 0) is 32.3 Å². The van der Waals surface area contributed by atoms with Crippen LogP contribution in [0, 0.1) is 0 Å². The van der Waals surface area contributed by atoms with Crippen molar-refractivity contribution in [1.29, 1.82) is 0 Å². The van der Waals surface area contributed by atoms with E-state index in [1.54, 1.807) is 0 Å². The third-order valence-corrected chi connectivity index (χ3v) is 3.23. The Balaban J connectivity index is 1.86. The highest BCUT2D eigenvalue weighted by atomic mass is 16.6. The Labute approximate surface area is 108 Å². The molecule has 1 aromatic rings. The molecule has 3 nitrogen and oxygen atoms in total. The fraction of sp³-hybridized carbons (Fsp3) is 0.533. The Kier molecular flexibility index (Phi) is 4.02. The van der Waals surface area contributed by atoms with Crippen LogP contribution in [0.5, 0.6) is 0 Å². The molecule has 1 aliphatic carbocycles. The zero-order valence-corrected chi connectivity index (χ0v) is 11.0. The van der Waals surface area contributed by atoms with Gasteiger partial charge in [0.1, 0.15) is 6.61 Å². The first-order chi connectivity index (χ1) is 8.65. The van der Waals surface area contributed by atoms with E-state index < -0.39 is 0 Å². The van der Waals surface area contributed by atoms with E-state index >= 15 is 0 Å². The second-order valence-electron chi connectivity index (χ2n) is 5.00. The maximum absolute atomic E-state index is 12.1. The molecule has 0 aromatic heterocycles. The molecule has 1 saturated carbocycles. The molecule has 0 unspecified atom stereocenters. The lowest BCUT2D eigenvalue weighted by molar-refractivity contribution is -0.148. The number of carbonyl (C=O) groups excluding carboxylic acids is 1. The molecule has 2 rings (SSSR count). The van der Waals surface area contributed by atoms with Crippen LogP contribution in [0.15, 0.2) is 30.3 Å². The first kappa shape index (κ1) is 13.1. The normalized spacial score (nSPS) is 16.6. The number of rotatable bonds is 6. The van der Waals surface area contributed by atoms with Crippen LogP contribution >= 0.6 is 0 Å². The van der Waals surface area contributed by atoms with Crippen LogP contribution < -0.4 is 0 Å². The van der Waals surface area contributed by atoms with Crippen molar-refractivity contribution >= 4 is 5.97 Å². The van der Waals surface area contributed by atoms with Crippen molar-refractivity contribution in [3.8, 4) is 0 Å². The predicted molar refractivity (Wildman–Crippen MR) is 69.4 cm³/mol. The number of hydrogen-bond donors (Lipinski definition) is 0. The Bertz CT molecular complexity index is 393. The molecule has 0 N–H and O–H groups in total. The van der Waals surface area contributed by atoms with Crippen molar-refractivity contribution in [3.05, 3.63) is 35.9 Å². The van der Waals surface area contributed by atoms with E-state index in [1.807, 2.05) is 44.2 Å². The van der Waals surface area contributed by atoms with Crippen LogP contribution in [-0.2, 0) is 19.7 Å². The van der Waals surface area contributed by atoms with Gasteiger partial charge in [0.25, 0.3) is 0 Å². The molecule has 0 bridgehead atoms. The van der Waals surface area contributed by atoms with Gasteiger partial charge in [0.2, 0.25) is 0 Å². The molecule has 0 heterocycles. The molecular weight excluding hydrogens is 228 g/mol. The molecule has 0 radical (unpaired) electrons. The predicted octanol–water partition coefficient (Wildman–Crippen LogP) is 2.69. The fourth-order valence-corrected chi connectivity index (χ4v) is 2.05. The highest BCUT2D eigenvalue weighted by molar-refractivity contribution is 5.86. The minimum atomic E-state index is -0.376. The van der Waals surface area contributed by atoms with Gasteiger partial charge in [0.15, 0.2) is 0 Å². The van der Waals surface area contributed by atoms with E-state index in [-0.39, 0.29) is 17.5 Å². The van der Waals surface area contributed by atoms with E-state index in [0.717, 1.165) is 18.4 Å². The lowest BCUT2D eigenvalue weighted by Crippen LogP contribution is -2.25. The van der Waals surface area contributed by atoms with Crippen molar-refractivity contribution in [1.82, 2.24) is 0 Å². The second-order valence-corrected chi connectivity index (χ2v) is 5.00. The molecule has 18 heavy (non-hydrogen) atoms. The molecule has 0 atom stereocenters. The summed E-state index contributed by atoms with van der Waals surface area (Å²) in [4.78, 5) is 12.1. The third kappa shape index (κ3) is 2.91. The summed E-state index contributed by atoms with van der Waals surface area (Å²) < 4.78 is 10.7. The van der Waals surface area contributed by atoms with Crippen LogP contribution in [0.2, 0.25) is 0 Å². The standard InChI is InChI=1S/C15H20O3/c1-12(2)17-10-11-18-14(16)15(8-9-15)13-6-4-3-5-7-13/h3-7,12H,8-11H2,1-2H3. The van der Waals surface area contributed by atoms with Gasteiger partial charge in [-0.1, -0.05) is 30.3 Å². The zero-order chi connectivity index (χ0) is 13.0. The van der Waals surface area contributed by atoms with E-state index in [9.17, 15) is 4.79 Å².